The summed E-state index contributed by atoms with van der Waals surface area (Å²) in [6.45, 7) is 0.0718. The van der Waals surface area contributed by atoms with E-state index in [4.69, 9.17) is 10.5 Å². The molecule has 0 radical (unpaired) electrons. The molecule has 1 aliphatic rings. The normalized spacial score (nSPS) is 22.7. The molecule has 116 valence electrons. The lowest BCUT2D eigenvalue weighted by Crippen LogP contribution is -2.44. The van der Waals surface area contributed by atoms with Gasteiger partial charge in [0.1, 0.15) is 6.04 Å². The number of halogens is 3. The predicted octanol–water partition coefficient (Wildman–Crippen LogP) is 1.65. The Balaban J connectivity index is 2.03. The molecule has 1 amide bonds. The van der Waals surface area contributed by atoms with Gasteiger partial charge < -0.3 is 15.8 Å². The summed E-state index contributed by atoms with van der Waals surface area (Å²) >= 11 is 0. The number of carbonyl (C=O) groups is 1. The second-order valence-corrected chi connectivity index (χ2v) is 5.10. The third kappa shape index (κ3) is 3.74. The van der Waals surface area contributed by atoms with Crippen LogP contribution in [0.25, 0.3) is 0 Å². The van der Waals surface area contributed by atoms with E-state index in [0.717, 1.165) is 6.07 Å². The van der Waals surface area contributed by atoms with Crippen LogP contribution < -0.4 is 11.1 Å². The molecule has 0 bridgehead atoms. The van der Waals surface area contributed by atoms with Gasteiger partial charge in [0.05, 0.1) is 12.2 Å². The minimum atomic E-state index is -4.39. The van der Waals surface area contributed by atoms with Crippen LogP contribution in [0.15, 0.2) is 24.3 Å². The van der Waals surface area contributed by atoms with Crippen LogP contribution in [0.5, 0.6) is 0 Å². The number of rotatable bonds is 5. The number of benzene rings is 1. The van der Waals surface area contributed by atoms with Gasteiger partial charge in [-0.2, -0.15) is 13.2 Å². The van der Waals surface area contributed by atoms with E-state index in [0.29, 0.717) is 6.42 Å². The highest BCUT2D eigenvalue weighted by Crippen LogP contribution is 2.46. The third-order valence-electron chi connectivity index (χ3n) is 3.47. The van der Waals surface area contributed by atoms with Crippen molar-refractivity contribution in [2.75, 3.05) is 13.7 Å². The molecule has 21 heavy (non-hydrogen) atoms. The molecule has 0 aliphatic heterocycles. The van der Waals surface area contributed by atoms with Gasteiger partial charge in [-0.05, 0) is 18.1 Å². The molecule has 1 aliphatic carbocycles. The Hall–Kier alpha value is -1.60. The number of alkyl halides is 3. The summed E-state index contributed by atoms with van der Waals surface area (Å²) in [5.74, 6) is -0.727. The van der Waals surface area contributed by atoms with Gasteiger partial charge >= 0.3 is 6.18 Å². The van der Waals surface area contributed by atoms with E-state index < -0.39 is 23.7 Å². The number of hydrogen-bond acceptors (Lipinski definition) is 3. The van der Waals surface area contributed by atoms with Crippen molar-refractivity contribution in [2.24, 2.45) is 5.73 Å². The van der Waals surface area contributed by atoms with Crippen molar-refractivity contribution in [3.8, 4) is 0 Å². The van der Waals surface area contributed by atoms with Gasteiger partial charge in [-0.1, -0.05) is 18.2 Å². The van der Waals surface area contributed by atoms with Crippen molar-refractivity contribution < 1.29 is 22.7 Å². The third-order valence-corrected chi connectivity index (χ3v) is 3.47. The van der Waals surface area contributed by atoms with Gasteiger partial charge in [0, 0.05) is 19.1 Å². The summed E-state index contributed by atoms with van der Waals surface area (Å²) < 4.78 is 43.6. The second kappa shape index (κ2) is 6.03. The highest BCUT2D eigenvalue weighted by Gasteiger charge is 2.45. The molecule has 2 rings (SSSR count). The van der Waals surface area contributed by atoms with Crippen molar-refractivity contribution in [3.05, 3.63) is 35.4 Å². The second-order valence-electron chi connectivity index (χ2n) is 5.10. The maximum atomic E-state index is 12.9. The monoisotopic (exact) mass is 302 g/mol. The Bertz CT molecular complexity index is 519. The maximum absolute atomic E-state index is 12.9. The number of ether oxygens (including phenoxy) is 1. The highest BCUT2D eigenvalue weighted by atomic mass is 19.4. The maximum Gasteiger partial charge on any atom is 0.416 e. The molecule has 0 spiro atoms. The van der Waals surface area contributed by atoms with Crippen molar-refractivity contribution in [1.82, 2.24) is 5.32 Å². The van der Waals surface area contributed by atoms with Crippen LogP contribution in [0.4, 0.5) is 13.2 Å². The Morgan fingerprint density at radius 2 is 2.14 bits per heavy atom. The molecule has 3 atom stereocenters. The minimum absolute atomic E-state index is 0.0718. The zero-order valence-corrected chi connectivity index (χ0v) is 11.5. The first-order chi connectivity index (χ1) is 9.84. The summed E-state index contributed by atoms with van der Waals surface area (Å²) in [6, 6.07) is 4.32. The van der Waals surface area contributed by atoms with Gasteiger partial charge in [-0.25, -0.2) is 0 Å². The molecule has 3 N–H and O–H groups in total. The molecule has 3 unspecified atom stereocenters. The summed E-state index contributed by atoms with van der Waals surface area (Å²) in [5, 5.41) is 2.65. The Kier molecular flexibility index (Phi) is 4.53. The molecule has 1 aromatic rings. The molecule has 0 heterocycles. The predicted molar refractivity (Wildman–Crippen MR) is 70.6 cm³/mol. The van der Waals surface area contributed by atoms with E-state index in [1.807, 2.05) is 0 Å². The quantitative estimate of drug-likeness (QED) is 0.869. The minimum Gasteiger partial charge on any atom is -0.383 e. The first kappa shape index (κ1) is 15.8. The molecule has 4 nitrogen and oxygen atoms in total. The SMILES string of the molecule is COCC(N)C(=O)NC1CC1c1ccccc1C(F)(F)F. The first-order valence-electron chi connectivity index (χ1n) is 6.55. The standard InChI is InChI=1S/C14H17F3N2O2/c1-21-7-11(18)13(20)19-12-6-9(12)8-4-2-3-5-10(8)14(15,16)17/h2-5,9,11-12H,6-7,18H2,1H3,(H,19,20). The lowest BCUT2D eigenvalue weighted by molar-refractivity contribution is -0.138. The fraction of sp³-hybridized carbons (Fsp3) is 0.500. The van der Waals surface area contributed by atoms with Crippen LogP contribution in [-0.4, -0.2) is 31.7 Å². The molecule has 7 heteroatoms. The highest BCUT2D eigenvalue weighted by molar-refractivity contribution is 5.82. The summed E-state index contributed by atoms with van der Waals surface area (Å²) in [6.07, 6.45) is -3.90. The van der Waals surface area contributed by atoms with Crippen molar-refractivity contribution >= 4 is 5.91 Å². The number of nitrogens with two attached hydrogens (primary N) is 1. The summed E-state index contributed by atoms with van der Waals surface area (Å²) in [5.41, 5.74) is 5.14. The fourth-order valence-electron chi connectivity index (χ4n) is 2.32. The Labute approximate surface area is 120 Å². The van der Waals surface area contributed by atoms with Crippen LogP contribution in [0.2, 0.25) is 0 Å². The van der Waals surface area contributed by atoms with Crippen LogP contribution in [0.3, 0.4) is 0 Å². The number of amides is 1. The van der Waals surface area contributed by atoms with E-state index in [9.17, 15) is 18.0 Å². The number of methoxy groups -OCH3 is 1. The van der Waals surface area contributed by atoms with Crippen LogP contribution >= 0.6 is 0 Å². The van der Waals surface area contributed by atoms with Crippen LogP contribution in [0, 0.1) is 0 Å². The molecule has 1 aromatic carbocycles. The van der Waals surface area contributed by atoms with Gasteiger partial charge in [-0.3, -0.25) is 4.79 Å². The summed E-state index contributed by atoms with van der Waals surface area (Å²) in [7, 11) is 1.42. The smallest absolute Gasteiger partial charge is 0.383 e. The molecular weight excluding hydrogens is 285 g/mol. The van der Waals surface area contributed by atoms with Gasteiger partial charge in [0.2, 0.25) is 5.91 Å². The van der Waals surface area contributed by atoms with Gasteiger partial charge in [0.25, 0.3) is 0 Å². The van der Waals surface area contributed by atoms with E-state index in [2.05, 4.69) is 5.32 Å². The lowest BCUT2D eigenvalue weighted by atomic mass is 10.0. The largest absolute Gasteiger partial charge is 0.416 e. The van der Waals surface area contributed by atoms with Crippen LogP contribution in [-0.2, 0) is 15.7 Å². The van der Waals surface area contributed by atoms with Gasteiger partial charge in [-0.15, -0.1) is 0 Å². The van der Waals surface area contributed by atoms with Crippen molar-refractivity contribution in [1.29, 1.82) is 0 Å². The fourth-order valence-corrected chi connectivity index (χ4v) is 2.32. The van der Waals surface area contributed by atoms with Crippen molar-refractivity contribution in [2.45, 2.75) is 30.6 Å². The van der Waals surface area contributed by atoms with E-state index in [1.165, 1.54) is 19.2 Å². The van der Waals surface area contributed by atoms with Crippen LogP contribution in [0.1, 0.15) is 23.5 Å². The van der Waals surface area contributed by atoms with E-state index >= 15 is 0 Å². The topological polar surface area (TPSA) is 64.3 Å². The Morgan fingerprint density at radius 3 is 2.76 bits per heavy atom. The van der Waals surface area contributed by atoms with E-state index in [1.54, 1.807) is 6.07 Å². The number of hydrogen-bond donors (Lipinski definition) is 2. The molecule has 1 fully saturated rings. The average Bonchev–Trinajstić information content (AvgIpc) is 3.17. The zero-order chi connectivity index (χ0) is 15.6. The van der Waals surface area contributed by atoms with Crippen molar-refractivity contribution in [3.63, 3.8) is 0 Å². The Morgan fingerprint density at radius 1 is 1.48 bits per heavy atom. The zero-order valence-electron chi connectivity index (χ0n) is 11.5. The lowest BCUT2D eigenvalue weighted by Gasteiger charge is -2.14. The molecule has 0 aromatic heterocycles. The van der Waals surface area contributed by atoms with Gasteiger partial charge in [0.15, 0.2) is 0 Å². The summed E-state index contributed by atoms with van der Waals surface area (Å²) in [4.78, 5) is 11.7. The first-order valence-corrected chi connectivity index (χ1v) is 6.55. The number of nitrogens with one attached hydrogen (secondary N) is 1. The molecule has 0 saturated heterocycles. The van der Waals surface area contributed by atoms with E-state index in [-0.39, 0.29) is 24.1 Å². The number of carbonyl (C=O) groups excluding carboxylic acids is 1. The molecule has 1 saturated carbocycles. The molecular formula is C14H17F3N2O2. The average molecular weight is 302 g/mol.